The summed E-state index contributed by atoms with van der Waals surface area (Å²) in [5.74, 6) is 1.41. The molecule has 0 N–H and O–H groups in total. The Hall–Kier alpha value is -1.45. The number of allylic oxidation sites excluding steroid dienone is 1. The van der Waals surface area contributed by atoms with Gasteiger partial charge in [0.25, 0.3) is 0 Å². The monoisotopic (exact) mass is 303 g/mol. The summed E-state index contributed by atoms with van der Waals surface area (Å²) in [4.78, 5) is 18.3. The van der Waals surface area contributed by atoms with Gasteiger partial charge in [-0.25, -0.2) is 0 Å². The molecule has 1 saturated heterocycles. The first-order valence-corrected chi connectivity index (χ1v) is 8.36. The van der Waals surface area contributed by atoms with Crippen molar-refractivity contribution in [3.05, 3.63) is 23.5 Å². The first-order chi connectivity index (χ1) is 10.2. The number of carbonyl (C=O) groups is 1. The van der Waals surface area contributed by atoms with Gasteiger partial charge in [-0.15, -0.1) is 0 Å². The first-order valence-electron chi connectivity index (χ1n) is 8.36. The average Bonchev–Trinajstić information content (AvgIpc) is 2.98. The second-order valence-corrected chi connectivity index (χ2v) is 8.42. The highest BCUT2D eigenvalue weighted by Gasteiger charge is 2.39. The Labute approximate surface area is 134 Å². The van der Waals surface area contributed by atoms with Crippen LogP contribution in [0.2, 0.25) is 0 Å². The Balaban J connectivity index is 1.73. The van der Waals surface area contributed by atoms with Crippen LogP contribution in [0.1, 0.15) is 34.1 Å². The lowest BCUT2D eigenvalue weighted by molar-refractivity contribution is -0.128. The summed E-state index contributed by atoms with van der Waals surface area (Å²) in [6.45, 7) is 12.5. The van der Waals surface area contributed by atoms with Crippen LogP contribution in [-0.4, -0.2) is 54.0 Å². The third kappa shape index (κ3) is 3.01. The van der Waals surface area contributed by atoms with Crippen LogP contribution in [0.25, 0.3) is 0 Å². The van der Waals surface area contributed by atoms with Gasteiger partial charge in [0.2, 0.25) is 5.91 Å². The van der Waals surface area contributed by atoms with Crippen LogP contribution >= 0.6 is 0 Å². The molecule has 4 heteroatoms. The largest absolute Gasteiger partial charge is 0.361 e. The fraction of sp³-hybridized carbons (Fsp3) is 0.722. The minimum Gasteiger partial charge on any atom is -0.361 e. The zero-order valence-corrected chi connectivity index (χ0v) is 14.6. The van der Waals surface area contributed by atoms with E-state index in [2.05, 4.69) is 49.9 Å². The van der Waals surface area contributed by atoms with E-state index >= 15 is 0 Å². The lowest BCUT2D eigenvalue weighted by atomic mass is 9.95. The molecule has 1 fully saturated rings. The Morgan fingerprint density at radius 2 is 2.05 bits per heavy atom. The lowest BCUT2D eigenvalue weighted by Gasteiger charge is -2.31. The summed E-state index contributed by atoms with van der Waals surface area (Å²) < 4.78 is 0. The molecule has 0 aromatic heterocycles. The third-order valence-electron chi connectivity index (χ3n) is 4.91. The van der Waals surface area contributed by atoms with Crippen LogP contribution in [0.4, 0.5) is 0 Å². The molecule has 2 atom stereocenters. The molecule has 122 valence electrons. The Bertz CT molecular complexity index is 529. The van der Waals surface area contributed by atoms with Crippen molar-refractivity contribution in [1.82, 2.24) is 14.7 Å². The normalized spacial score (nSPS) is 28.1. The van der Waals surface area contributed by atoms with Gasteiger partial charge in [-0.3, -0.25) is 4.79 Å². The molecular formula is C18H29N3O. The smallest absolute Gasteiger partial charge is 0.219 e. The van der Waals surface area contributed by atoms with Crippen LogP contribution in [0, 0.1) is 17.3 Å². The van der Waals surface area contributed by atoms with E-state index in [1.54, 1.807) is 6.92 Å². The molecule has 2 aliphatic heterocycles. The molecule has 0 aromatic carbocycles. The van der Waals surface area contributed by atoms with Gasteiger partial charge in [-0.05, 0) is 29.2 Å². The highest BCUT2D eigenvalue weighted by molar-refractivity contribution is 5.73. The lowest BCUT2D eigenvalue weighted by Crippen LogP contribution is -2.33. The number of hydrogen-bond donors (Lipinski definition) is 0. The van der Waals surface area contributed by atoms with Crippen molar-refractivity contribution in [2.24, 2.45) is 17.3 Å². The zero-order valence-electron chi connectivity index (χ0n) is 14.6. The minimum atomic E-state index is 0.221. The third-order valence-corrected chi connectivity index (χ3v) is 4.91. The van der Waals surface area contributed by atoms with E-state index in [0.717, 1.165) is 32.7 Å². The molecule has 2 unspecified atom stereocenters. The molecular weight excluding hydrogens is 274 g/mol. The summed E-state index contributed by atoms with van der Waals surface area (Å²) in [6.07, 6.45) is 5.85. The van der Waals surface area contributed by atoms with E-state index in [0.29, 0.717) is 17.3 Å². The van der Waals surface area contributed by atoms with Gasteiger partial charge in [-0.2, -0.15) is 0 Å². The molecule has 1 amide bonds. The second-order valence-electron chi connectivity index (χ2n) is 8.42. The molecule has 0 bridgehead atoms. The molecule has 4 nitrogen and oxygen atoms in total. The van der Waals surface area contributed by atoms with Crippen molar-refractivity contribution >= 4 is 5.91 Å². The Morgan fingerprint density at radius 1 is 1.32 bits per heavy atom. The standard InChI is InChI=1S/C18H29N3O/c1-13(22)20-8-15-6-14(7-16(15)9-20)17-10-19(5)12-21(17)11-18(2,3)4/h6,10,15-16H,7-9,11-12H2,1-5H3. The Morgan fingerprint density at radius 3 is 2.64 bits per heavy atom. The van der Waals surface area contributed by atoms with E-state index in [-0.39, 0.29) is 5.91 Å². The zero-order chi connectivity index (χ0) is 16.1. The van der Waals surface area contributed by atoms with Crippen molar-refractivity contribution in [3.63, 3.8) is 0 Å². The summed E-state index contributed by atoms with van der Waals surface area (Å²) in [5, 5.41) is 0. The van der Waals surface area contributed by atoms with Crippen LogP contribution in [0.3, 0.4) is 0 Å². The highest BCUT2D eigenvalue weighted by Crippen LogP contribution is 2.41. The molecule has 1 aliphatic carbocycles. The van der Waals surface area contributed by atoms with E-state index in [4.69, 9.17) is 0 Å². The topological polar surface area (TPSA) is 26.8 Å². The van der Waals surface area contributed by atoms with Crippen LogP contribution in [-0.2, 0) is 4.79 Å². The SMILES string of the molecule is CC(=O)N1CC2C=C(C3=CN(C)CN3CC(C)(C)C)CC2C1. The van der Waals surface area contributed by atoms with Gasteiger partial charge >= 0.3 is 0 Å². The molecule has 0 saturated carbocycles. The van der Waals surface area contributed by atoms with Crippen molar-refractivity contribution in [1.29, 1.82) is 0 Å². The average molecular weight is 303 g/mol. The number of hydrogen-bond acceptors (Lipinski definition) is 3. The summed E-state index contributed by atoms with van der Waals surface area (Å²) in [6, 6.07) is 0. The quantitative estimate of drug-likeness (QED) is 0.784. The van der Waals surface area contributed by atoms with Gasteiger partial charge in [0, 0.05) is 39.8 Å². The van der Waals surface area contributed by atoms with Gasteiger partial charge in [0.1, 0.15) is 0 Å². The van der Waals surface area contributed by atoms with Gasteiger partial charge in [0.15, 0.2) is 0 Å². The predicted octanol–water partition coefficient (Wildman–Crippen LogP) is 2.50. The number of carbonyl (C=O) groups excluding carboxylic acids is 1. The number of fused-ring (bicyclic) bond motifs is 1. The maximum atomic E-state index is 11.5. The molecule has 3 rings (SSSR count). The van der Waals surface area contributed by atoms with Gasteiger partial charge in [0.05, 0.1) is 12.4 Å². The predicted molar refractivity (Wildman–Crippen MR) is 88.8 cm³/mol. The van der Waals surface area contributed by atoms with Gasteiger partial charge < -0.3 is 14.7 Å². The van der Waals surface area contributed by atoms with Crippen LogP contribution in [0.5, 0.6) is 0 Å². The highest BCUT2D eigenvalue weighted by atomic mass is 16.2. The maximum Gasteiger partial charge on any atom is 0.219 e. The van der Waals surface area contributed by atoms with E-state index in [1.807, 2.05) is 4.90 Å². The number of rotatable bonds is 2. The van der Waals surface area contributed by atoms with E-state index in [1.165, 1.54) is 11.3 Å². The fourth-order valence-electron chi connectivity index (χ4n) is 4.03. The number of nitrogens with zero attached hydrogens (tertiary/aromatic N) is 3. The fourth-order valence-corrected chi connectivity index (χ4v) is 4.03. The van der Waals surface area contributed by atoms with Gasteiger partial charge in [-0.1, -0.05) is 26.8 Å². The van der Waals surface area contributed by atoms with E-state index in [9.17, 15) is 4.79 Å². The molecule has 0 spiro atoms. The van der Waals surface area contributed by atoms with Crippen LogP contribution in [0.15, 0.2) is 23.5 Å². The molecule has 22 heavy (non-hydrogen) atoms. The number of amides is 1. The number of likely N-dealkylation sites (tertiary alicyclic amines) is 1. The maximum absolute atomic E-state index is 11.5. The Kier molecular flexibility index (Phi) is 3.74. The molecule has 2 heterocycles. The minimum absolute atomic E-state index is 0.221. The van der Waals surface area contributed by atoms with Crippen molar-refractivity contribution in [2.75, 3.05) is 33.4 Å². The summed E-state index contributed by atoms with van der Waals surface area (Å²) in [7, 11) is 2.15. The molecule has 0 aromatic rings. The second kappa shape index (κ2) is 5.32. The van der Waals surface area contributed by atoms with Crippen LogP contribution < -0.4 is 0 Å². The molecule has 3 aliphatic rings. The first kappa shape index (κ1) is 15.4. The van der Waals surface area contributed by atoms with Crippen molar-refractivity contribution < 1.29 is 4.79 Å². The molecule has 0 radical (unpaired) electrons. The van der Waals surface area contributed by atoms with Crippen molar-refractivity contribution in [2.45, 2.75) is 34.1 Å². The summed E-state index contributed by atoms with van der Waals surface area (Å²) >= 11 is 0. The van der Waals surface area contributed by atoms with E-state index < -0.39 is 0 Å². The summed E-state index contributed by atoms with van der Waals surface area (Å²) in [5.41, 5.74) is 3.19. The van der Waals surface area contributed by atoms with Crippen molar-refractivity contribution in [3.8, 4) is 0 Å².